The van der Waals surface area contributed by atoms with Gasteiger partial charge in [0.05, 0.1) is 0 Å². The van der Waals surface area contributed by atoms with Gasteiger partial charge in [0.2, 0.25) is 0 Å². The van der Waals surface area contributed by atoms with Gasteiger partial charge in [-0.1, -0.05) is 0 Å². The van der Waals surface area contributed by atoms with Crippen LogP contribution < -0.4 is 5.73 Å². The fourth-order valence-corrected chi connectivity index (χ4v) is 1.06. The van der Waals surface area contributed by atoms with Gasteiger partial charge >= 0.3 is 0 Å². The maximum absolute atomic E-state index is 10.4. The number of hydrogen-bond acceptors (Lipinski definition) is 2. The zero-order valence-corrected chi connectivity index (χ0v) is 6.20. The fourth-order valence-electron chi connectivity index (χ4n) is 0.352. The van der Waals surface area contributed by atoms with Crippen LogP contribution in [0.15, 0.2) is 0 Å². The first-order valence-corrected chi connectivity index (χ1v) is 4.41. The van der Waals surface area contributed by atoms with Crippen LogP contribution in [0.5, 0.6) is 0 Å². The Morgan fingerprint density at radius 3 is 2.38 bits per heavy atom. The summed E-state index contributed by atoms with van der Waals surface area (Å²) in [6.07, 6.45) is 2.56. The monoisotopic (exact) mass is 135 g/mol. The zero-order chi connectivity index (χ0) is 6.57. The smallest absolute Gasteiger partial charge is 0.0246 e. The van der Waals surface area contributed by atoms with Crippen LogP contribution in [0.4, 0.5) is 0 Å². The SMILES string of the molecule is C[C@@H](N)CC[S@](C)=O. The summed E-state index contributed by atoms with van der Waals surface area (Å²) in [6.45, 7) is 1.92. The summed E-state index contributed by atoms with van der Waals surface area (Å²) in [4.78, 5) is 0. The topological polar surface area (TPSA) is 43.1 Å². The van der Waals surface area contributed by atoms with Crippen molar-refractivity contribution < 1.29 is 4.21 Å². The third-order valence-corrected chi connectivity index (χ3v) is 1.67. The maximum Gasteiger partial charge on any atom is 0.0246 e. The summed E-state index contributed by atoms with van der Waals surface area (Å²) in [5, 5.41) is 0. The second-order valence-electron chi connectivity index (χ2n) is 2.04. The molecule has 0 radical (unpaired) electrons. The molecule has 0 aliphatic carbocycles. The first-order chi connectivity index (χ1) is 3.63. The molecule has 0 bridgehead atoms. The molecule has 50 valence electrons. The van der Waals surface area contributed by atoms with Crippen molar-refractivity contribution in [2.24, 2.45) is 5.73 Å². The highest BCUT2D eigenvalue weighted by atomic mass is 32.2. The van der Waals surface area contributed by atoms with Crippen LogP contribution in [0.2, 0.25) is 0 Å². The molecular formula is C5H13NOS. The largest absolute Gasteiger partial charge is 0.328 e. The van der Waals surface area contributed by atoms with E-state index < -0.39 is 10.8 Å². The minimum atomic E-state index is -0.666. The van der Waals surface area contributed by atoms with Crippen LogP contribution in [0, 0.1) is 0 Å². The molecule has 0 aromatic rings. The van der Waals surface area contributed by atoms with E-state index in [9.17, 15) is 4.21 Å². The summed E-state index contributed by atoms with van der Waals surface area (Å²) in [7, 11) is -0.666. The highest BCUT2D eigenvalue weighted by molar-refractivity contribution is 7.84. The fraction of sp³-hybridized carbons (Fsp3) is 1.00. The van der Waals surface area contributed by atoms with E-state index in [1.54, 1.807) is 6.26 Å². The van der Waals surface area contributed by atoms with E-state index in [4.69, 9.17) is 5.73 Å². The number of nitrogens with two attached hydrogens (primary N) is 1. The lowest BCUT2D eigenvalue weighted by molar-refractivity contribution is 0.671. The van der Waals surface area contributed by atoms with Crippen molar-refractivity contribution in [3.05, 3.63) is 0 Å². The van der Waals surface area contributed by atoms with Crippen LogP contribution in [-0.4, -0.2) is 22.3 Å². The second-order valence-corrected chi connectivity index (χ2v) is 3.60. The van der Waals surface area contributed by atoms with Crippen molar-refractivity contribution in [2.75, 3.05) is 12.0 Å². The molecule has 0 saturated heterocycles. The van der Waals surface area contributed by atoms with Crippen LogP contribution in [-0.2, 0) is 10.8 Å². The van der Waals surface area contributed by atoms with E-state index >= 15 is 0 Å². The van der Waals surface area contributed by atoms with Gasteiger partial charge < -0.3 is 5.73 Å². The Bertz CT molecular complexity index is 82.5. The minimum Gasteiger partial charge on any atom is -0.328 e. The van der Waals surface area contributed by atoms with E-state index in [-0.39, 0.29) is 6.04 Å². The Labute approximate surface area is 52.9 Å². The Balaban J connectivity index is 3.05. The van der Waals surface area contributed by atoms with E-state index in [1.807, 2.05) is 6.92 Å². The molecule has 0 spiro atoms. The molecule has 8 heavy (non-hydrogen) atoms. The number of hydrogen-bond donors (Lipinski definition) is 1. The van der Waals surface area contributed by atoms with E-state index in [1.165, 1.54) is 0 Å². The molecule has 2 nitrogen and oxygen atoms in total. The van der Waals surface area contributed by atoms with Crippen molar-refractivity contribution >= 4 is 10.8 Å². The lowest BCUT2D eigenvalue weighted by Gasteiger charge is -1.99. The molecule has 0 amide bonds. The van der Waals surface area contributed by atoms with Crippen molar-refractivity contribution in [1.29, 1.82) is 0 Å². The average Bonchev–Trinajstić information content (AvgIpc) is 1.61. The molecule has 0 fully saturated rings. The normalized spacial score (nSPS) is 17.9. The molecule has 0 rings (SSSR count). The highest BCUT2D eigenvalue weighted by Gasteiger charge is 1.94. The third-order valence-electron chi connectivity index (χ3n) is 0.861. The minimum absolute atomic E-state index is 0.193. The van der Waals surface area contributed by atoms with Gasteiger partial charge in [0.1, 0.15) is 0 Å². The Morgan fingerprint density at radius 1 is 1.75 bits per heavy atom. The Hall–Kier alpha value is 0.110. The van der Waals surface area contributed by atoms with Crippen LogP contribution in [0.25, 0.3) is 0 Å². The van der Waals surface area contributed by atoms with Crippen LogP contribution in [0.1, 0.15) is 13.3 Å². The van der Waals surface area contributed by atoms with Crippen LogP contribution >= 0.6 is 0 Å². The summed E-state index contributed by atoms with van der Waals surface area (Å²) in [6, 6.07) is 0.193. The molecule has 0 aliphatic heterocycles. The lowest BCUT2D eigenvalue weighted by Crippen LogP contribution is -2.17. The highest BCUT2D eigenvalue weighted by Crippen LogP contribution is 1.86. The molecule has 0 aromatic heterocycles. The van der Waals surface area contributed by atoms with Crippen LogP contribution in [0.3, 0.4) is 0 Å². The molecule has 3 heteroatoms. The van der Waals surface area contributed by atoms with Gasteiger partial charge in [-0.2, -0.15) is 0 Å². The van der Waals surface area contributed by atoms with Gasteiger partial charge in [-0.15, -0.1) is 0 Å². The van der Waals surface area contributed by atoms with Crippen molar-refractivity contribution in [1.82, 2.24) is 0 Å². The van der Waals surface area contributed by atoms with Gasteiger partial charge in [0.25, 0.3) is 0 Å². The third kappa shape index (κ3) is 6.11. The summed E-state index contributed by atoms with van der Waals surface area (Å²) < 4.78 is 10.4. The summed E-state index contributed by atoms with van der Waals surface area (Å²) >= 11 is 0. The van der Waals surface area contributed by atoms with Crippen molar-refractivity contribution in [3.8, 4) is 0 Å². The van der Waals surface area contributed by atoms with Crippen molar-refractivity contribution in [3.63, 3.8) is 0 Å². The molecule has 0 saturated carbocycles. The summed E-state index contributed by atoms with van der Waals surface area (Å²) in [5.41, 5.74) is 5.41. The Morgan fingerprint density at radius 2 is 2.25 bits per heavy atom. The predicted octanol–water partition coefficient (Wildman–Crippen LogP) is 0.102. The molecule has 2 N–H and O–H groups in total. The van der Waals surface area contributed by atoms with Gasteiger partial charge in [-0.3, -0.25) is 4.21 Å². The van der Waals surface area contributed by atoms with Crippen molar-refractivity contribution in [2.45, 2.75) is 19.4 Å². The second kappa shape index (κ2) is 4.04. The Kier molecular flexibility index (Phi) is 4.09. The van der Waals surface area contributed by atoms with Gasteiger partial charge in [0, 0.05) is 28.9 Å². The van der Waals surface area contributed by atoms with E-state index in [2.05, 4.69) is 0 Å². The molecule has 0 aliphatic rings. The van der Waals surface area contributed by atoms with Gasteiger partial charge in [-0.25, -0.2) is 0 Å². The van der Waals surface area contributed by atoms with Gasteiger partial charge in [-0.05, 0) is 13.3 Å². The molecule has 0 unspecified atom stereocenters. The van der Waals surface area contributed by atoms with E-state index in [0.717, 1.165) is 12.2 Å². The first kappa shape index (κ1) is 8.11. The molecule has 0 aromatic carbocycles. The first-order valence-electron chi connectivity index (χ1n) is 2.68. The lowest BCUT2D eigenvalue weighted by atomic mass is 10.3. The van der Waals surface area contributed by atoms with Gasteiger partial charge in [0.15, 0.2) is 0 Å². The maximum atomic E-state index is 10.4. The molecule has 2 atom stereocenters. The predicted molar refractivity (Wildman–Crippen MR) is 37.2 cm³/mol. The summed E-state index contributed by atoms with van der Waals surface area (Å²) in [5.74, 6) is 0.734. The quantitative estimate of drug-likeness (QED) is 0.596. The number of rotatable bonds is 3. The standard InChI is InChI=1S/C5H13NOS/c1-5(6)3-4-8(2)7/h5H,3-4,6H2,1-2H3/t5-,8+/m1/s1. The zero-order valence-electron chi connectivity index (χ0n) is 5.39. The molecule has 0 heterocycles. The molecular weight excluding hydrogens is 122 g/mol. The average molecular weight is 135 g/mol. The van der Waals surface area contributed by atoms with E-state index in [0.29, 0.717) is 0 Å².